The predicted octanol–water partition coefficient (Wildman–Crippen LogP) is 5.54. The van der Waals surface area contributed by atoms with Gasteiger partial charge in [0.05, 0.1) is 0 Å². The Morgan fingerprint density at radius 1 is 0.828 bits per heavy atom. The molecular formula is C26H29NO2. The topological polar surface area (TPSA) is 38.3 Å². The van der Waals surface area contributed by atoms with Crippen LogP contribution >= 0.6 is 0 Å². The zero-order chi connectivity index (χ0) is 20.7. The van der Waals surface area contributed by atoms with Crippen molar-refractivity contribution < 1.29 is 9.53 Å². The molecule has 1 amide bonds. The van der Waals surface area contributed by atoms with Gasteiger partial charge in [0.2, 0.25) is 0 Å². The number of ether oxygens (including phenoxy) is 1. The molecule has 0 fully saturated rings. The van der Waals surface area contributed by atoms with Gasteiger partial charge in [-0.05, 0) is 52.8 Å². The summed E-state index contributed by atoms with van der Waals surface area (Å²) in [6.07, 6.45) is 0.826. The van der Waals surface area contributed by atoms with Crippen molar-refractivity contribution in [1.82, 2.24) is 5.32 Å². The van der Waals surface area contributed by atoms with E-state index < -0.39 is 0 Å². The van der Waals surface area contributed by atoms with E-state index in [-0.39, 0.29) is 11.3 Å². The van der Waals surface area contributed by atoms with Crippen molar-refractivity contribution >= 4 is 5.91 Å². The van der Waals surface area contributed by atoms with Crippen LogP contribution < -0.4 is 10.1 Å². The van der Waals surface area contributed by atoms with Crippen LogP contribution in [0.4, 0.5) is 0 Å². The summed E-state index contributed by atoms with van der Waals surface area (Å²) in [6, 6.07) is 26.0. The number of hydrogen-bond donors (Lipinski definition) is 1. The van der Waals surface area contributed by atoms with Crippen LogP contribution in [0.2, 0.25) is 0 Å². The maximum absolute atomic E-state index is 12.3. The molecule has 0 aromatic heterocycles. The van der Waals surface area contributed by atoms with E-state index in [4.69, 9.17) is 4.74 Å². The first-order chi connectivity index (χ1) is 13.9. The Bertz CT molecular complexity index is 908. The quantitative estimate of drug-likeness (QED) is 0.578. The molecule has 0 spiro atoms. The first kappa shape index (κ1) is 20.7. The molecule has 3 aromatic rings. The highest BCUT2D eigenvalue weighted by Gasteiger charge is 2.13. The van der Waals surface area contributed by atoms with Crippen molar-refractivity contribution in [2.75, 3.05) is 6.54 Å². The summed E-state index contributed by atoms with van der Waals surface area (Å²) in [5, 5.41) is 2.97. The normalized spacial score (nSPS) is 11.1. The van der Waals surface area contributed by atoms with Crippen molar-refractivity contribution in [3.05, 3.63) is 101 Å². The molecule has 3 nitrogen and oxygen atoms in total. The van der Waals surface area contributed by atoms with E-state index in [0.29, 0.717) is 18.7 Å². The van der Waals surface area contributed by atoms with Gasteiger partial charge in [0.1, 0.15) is 12.4 Å². The Labute approximate surface area is 173 Å². The van der Waals surface area contributed by atoms with Crippen LogP contribution in [-0.2, 0) is 18.4 Å². The molecule has 1 N–H and O–H groups in total. The number of hydrogen-bond acceptors (Lipinski definition) is 2. The molecule has 3 aromatic carbocycles. The lowest BCUT2D eigenvalue weighted by Gasteiger charge is -2.19. The zero-order valence-electron chi connectivity index (χ0n) is 17.4. The minimum absolute atomic E-state index is 0.0498. The van der Waals surface area contributed by atoms with Crippen molar-refractivity contribution in [2.24, 2.45) is 0 Å². The van der Waals surface area contributed by atoms with E-state index in [0.717, 1.165) is 17.7 Å². The highest BCUT2D eigenvalue weighted by molar-refractivity contribution is 5.94. The maximum atomic E-state index is 12.3. The van der Waals surface area contributed by atoms with Crippen LogP contribution in [0, 0.1) is 0 Å². The zero-order valence-corrected chi connectivity index (χ0v) is 17.4. The number of carbonyl (C=O) groups is 1. The smallest absolute Gasteiger partial charge is 0.251 e. The van der Waals surface area contributed by atoms with Gasteiger partial charge in [-0.25, -0.2) is 0 Å². The van der Waals surface area contributed by atoms with E-state index in [9.17, 15) is 4.79 Å². The van der Waals surface area contributed by atoms with Crippen molar-refractivity contribution in [3.63, 3.8) is 0 Å². The molecule has 0 unspecified atom stereocenters. The second kappa shape index (κ2) is 9.42. The van der Waals surface area contributed by atoms with Crippen LogP contribution in [0.1, 0.15) is 47.8 Å². The number of rotatable bonds is 7. The second-order valence-corrected chi connectivity index (χ2v) is 8.25. The standard InChI is InChI=1S/C26H29NO2/c1-26(2,3)23-13-15-24(16-14-23)29-19-21-9-11-22(12-10-21)25(28)27-18-17-20-7-5-4-6-8-20/h4-16H,17-19H2,1-3H3,(H,27,28). The maximum Gasteiger partial charge on any atom is 0.251 e. The predicted molar refractivity (Wildman–Crippen MR) is 118 cm³/mol. The lowest BCUT2D eigenvalue weighted by atomic mass is 9.87. The number of nitrogens with one attached hydrogen (secondary N) is 1. The van der Waals surface area contributed by atoms with Gasteiger partial charge in [0, 0.05) is 12.1 Å². The third-order valence-corrected chi connectivity index (χ3v) is 4.88. The van der Waals surface area contributed by atoms with Crippen molar-refractivity contribution in [3.8, 4) is 5.75 Å². The summed E-state index contributed by atoms with van der Waals surface area (Å²) in [5.41, 5.74) is 4.33. The number of carbonyl (C=O) groups excluding carboxylic acids is 1. The van der Waals surface area contributed by atoms with Crippen LogP contribution in [0.25, 0.3) is 0 Å². The minimum Gasteiger partial charge on any atom is -0.489 e. The summed E-state index contributed by atoms with van der Waals surface area (Å²) in [4.78, 5) is 12.3. The average Bonchev–Trinajstić information content (AvgIpc) is 2.73. The molecule has 3 rings (SSSR count). The van der Waals surface area contributed by atoms with Crippen LogP contribution in [0.5, 0.6) is 5.75 Å². The third-order valence-electron chi connectivity index (χ3n) is 4.88. The Hall–Kier alpha value is -3.07. The summed E-state index contributed by atoms with van der Waals surface area (Å²) in [6.45, 7) is 7.69. The van der Waals surface area contributed by atoms with Gasteiger partial charge in [0.25, 0.3) is 5.91 Å². The molecule has 0 radical (unpaired) electrons. The van der Waals surface area contributed by atoms with Gasteiger partial charge in [-0.2, -0.15) is 0 Å². The molecule has 0 aliphatic heterocycles. The lowest BCUT2D eigenvalue weighted by Crippen LogP contribution is -2.25. The Balaban J connectivity index is 1.47. The first-order valence-corrected chi connectivity index (χ1v) is 10.1. The molecular weight excluding hydrogens is 358 g/mol. The largest absolute Gasteiger partial charge is 0.489 e. The van der Waals surface area contributed by atoms with Gasteiger partial charge >= 0.3 is 0 Å². The lowest BCUT2D eigenvalue weighted by molar-refractivity contribution is 0.0954. The molecule has 0 saturated carbocycles. The fourth-order valence-corrected chi connectivity index (χ4v) is 3.04. The molecule has 0 heterocycles. The van der Waals surface area contributed by atoms with E-state index in [1.54, 1.807) is 0 Å². The molecule has 150 valence electrons. The third kappa shape index (κ3) is 6.21. The second-order valence-electron chi connectivity index (χ2n) is 8.25. The van der Waals surface area contributed by atoms with Crippen molar-refractivity contribution in [2.45, 2.75) is 39.2 Å². The van der Waals surface area contributed by atoms with Crippen LogP contribution in [0.15, 0.2) is 78.9 Å². The van der Waals surface area contributed by atoms with Crippen molar-refractivity contribution in [1.29, 1.82) is 0 Å². The monoisotopic (exact) mass is 387 g/mol. The van der Waals surface area contributed by atoms with Crippen LogP contribution in [0.3, 0.4) is 0 Å². The summed E-state index contributed by atoms with van der Waals surface area (Å²) >= 11 is 0. The Morgan fingerprint density at radius 3 is 2.10 bits per heavy atom. The molecule has 0 bridgehead atoms. The highest BCUT2D eigenvalue weighted by atomic mass is 16.5. The number of benzene rings is 3. The van der Waals surface area contributed by atoms with Gasteiger partial charge in [-0.3, -0.25) is 4.79 Å². The molecule has 0 atom stereocenters. The Kier molecular flexibility index (Phi) is 6.71. The molecule has 0 aliphatic rings. The van der Waals surface area contributed by atoms with Gasteiger partial charge in [0.15, 0.2) is 0 Å². The fraction of sp³-hybridized carbons (Fsp3) is 0.269. The van der Waals surface area contributed by atoms with Gasteiger partial charge in [-0.15, -0.1) is 0 Å². The first-order valence-electron chi connectivity index (χ1n) is 10.1. The summed E-state index contributed by atoms with van der Waals surface area (Å²) in [5.74, 6) is 0.798. The fourth-order valence-electron chi connectivity index (χ4n) is 3.04. The van der Waals surface area contributed by atoms with E-state index >= 15 is 0 Å². The highest BCUT2D eigenvalue weighted by Crippen LogP contribution is 2.24. The van der Waals surface area contributed by atoms with E-state index in [1.807, 2.05) is 54.6 Å². The van der Waals surface area contributed by atoms with Gasteiger partial charge in [-0.1, -0.05) is 75.4 Å². The van der Waals surface area contributed by atoms with Crippen LogP contribution in [-0.4, -0.2) is 12.5 Å². The number of amides is 1. The van der Waals surface area contributed by atoms with E-state index in [1.165, 1.54) is 11.1 Å². The summed E-state index contributed by atoms with van der Waals surface area (Å²) < 4.78 is 5.87. The summed E-state index contributed by atoms with van der Waals surface area (Å²) in [7, 11) is 0. The molecule has 0 saturated heterocycles. The average molecular weight is 388 g/mol. The molecule has 3 heteroatoms. The Morgan fingerprint density at radius 2 is 1.48 bits per heavy atom. The SMILES string of the molecule is CC(C)(C)c1ccc(OCc2ccc(C(=O)NCCc3ccccc3)cc2)cc1. The van der Waals surface area contributed by atoms with E-state index in [2.05, 4.69) is 50.4 Å². The van der Waals surface area contributed by atoms with Gasteiger partial charge < -0.3 is 10.1 Å². The minimum atomic E-state index is -0.0498. The molecule has 29 heavy (non-hydrogen) atoms. The molecule has 0 aliphatic carbocycles.